The zero-order valence-corrected chi connectivity index (χ0v) is 23.7. The van der Waals surface area contributed by atoms with E-state index in [0.29, 0.717) is 17.8 Å². The van der Waals surface area contributed by atoms with Crippen LogP contribution in [0.25, 0.3) is 22.4 Å². The molecule has 0 aliphatic heterocycles. The lowest BCUT2D eigenvalue weighted by Gasteiger charge is -2.20. The number of para-hydroxylation sites is 1. The third-order valence-corrected chi connectivity index (χ3v) is 7.04. The molecule has 0 aliphatic rings. The fraction of sp³-hybridized carbons (Fsp3) is 0.294. The Labute approximate surface area is 240 Å². The van der Waals surface area contributed by atoms with Crippen LogP contribution in [0.4, 0.5) is 10.1 Å². The number of anilines is 1. The van der Waals surface area contributed by atoms with Crippen molar-refractivity contribution in [2.45, 2.75) is 64.7 Å². The molecule has 7 heteroatoms. The van der Waals surface area contributed by atoms with Gasteiger partial charge in [0.05, 0.1) is 23.5 Å². The Morgan fingerprint density at radius 3 is 2.05 bits per heavy atom. The number of aliphatic hydroxyl groups excluding tert-OH is 2. The van der Waals surface area contributed by atoms with Crippen molar-refractivity contribution in [1.29, 1.82) is 0 Å². The van der Waals surface area contributed by atoms with Crippen molar-refractivity contribution in [3.8, 4) is 22.4 Å². The van der Waals surface area contributed by atoms with E-state index in [0.717, 1.165) is 28.1 Å². The van der Waals surface area contributed by atoms with Crippen LogP contribution in [0.5, 0.6) is 0 Å². The number of hydrogen-bond donors (Lipinski definition) is 3. The molecule has 41 heavy (non-hydrogen) atoms. The number of ketones is 1. The van der Waals surface area contributed by atoms with Gasteiger partial charge in [-0.05, 0) is 73.2 Å². The second-order valence-electron chi connectivity index (χ2n) is 10.7. The van der Waals surface area contributed by atoms with Crippen molar-refractivity contribution in [1.82, 2.24) is 4.57 Å². The van der Waals surface area contributed by atoms with Gasteiger partial charge >= 0.3 is 0 Å². The summed E-state index contributed by atoms with van der Waals surface area (Å²) in [6.07, 6.45) is -1.46. The quantitative estimate of drug-likeness (QED) is 0.179. The molecular formula is C34H37FN2O4. The third kappa shape index (κ3) is 7.37. The molecule has 0 radical (unpaired) electrons. The molecule has 2 unspecified atom stereocenters. The molecule has 4 rings (SSSR count). The molecule has 1 amide bonds. The Kier molecular flexibility index (Phi) is 9.86. The molecule has 214 valence electrons. The second-order valence-corrected chi connectivity index (χ2v) is 10.7. The van der Waals surface area contributed by atoms with Crippen molar-refractivity contribution in [3.05, 3.63) is 102 Å². The highest BCUT2D eigenvalue weighted by atomic mass is 19.1. The molecule has 0 saturated heterocycles. The number of halogens is 1. The second kappa shape index (κ2) is 13.5. The number of amides is 1. The van der Waals surface area contributed by atoms with Crippen LogP contribution in [0.3, 0.4) is 0 Å². The minimum absolute atomic E-state index is 0.0133. The molecule has 2 atom stereocenters. The van der Waals surface area contributed by atoms with Gasteiger partial charge in [0.2, 0.25) is 0 Å². The molecule has 0 saturated carbocycles. The summed E-state index contributed by atoms with van der Waals surface area (Å²) in [4.78, 5) is 25.5. The maximum Gasteiger partial charge on any atom is 0.258 e. The minimum Gasteiger partial charge on any atom is -0.393 e. The van der Waals surface area contributed by atoms with E-state index in [4.69, 9.17) is 0 Å². The molecule has 0 bridgehead atoms. The highest BCUT2D eigenvalue weighted by Crippen LogP contribution is 2.42. The number of nitrogens with zero attached hydrogens (tertiary/aromatic N) is 1. The van der Waals surface area contributed by atoms with Gasteiger partial charge in [0.25, 0.3) is 5.91 Å². The summed E-state index contributed by atoms with van der Waals surface area (Å²) in [5.41, 5.74) is 5.00. The van der Waals surface area contributed by atoms with E-state index < -0.39 is 12.2 Å². The zero-order chi connectivity index (χ0) is 29.5. The van der Waals surface area contributed by atoms with Gasteiger partial charge in [-0.25, -0.2) is 4.39 Å². The number of carbonyl (C=O) groups excluding carboxylic acids is 2. The van der Waals surface area contributed by atoms with E-state index in [1.54, 1.807) is 12.1 Å². The van der Waals surface area contributed by atoms with Crippen molar-refractivity contribution in [3.63, 3.8) is 0 Å². The number of benzene rings is 3. The fourth-order valence-corrected chi connectivity index (χ4v) is 5.33. The van der Waals surface area contributed by atoms with Gasteiger partial charge in [-0.2, -0.15) is 0 Å². The smallest absolute Gasteiger partial charge is 0.258 e. The molecular weight excluding hydrogens is 519 g/mol. The molecule has 0 fully saturated rings. The monoisotopic (exact) mass is 556 g/mol. The van der Waals surface area contributed by atoms with E-state index in [-0.39, 0.29) is 42.7 Å². The van der Waals surface area contributed by atoms with Crippen molar-refractivity contribution < 1.29 is 24.2 Å². The predicted molar refractivity (Wildman–Crippen MR) is 160 cm³/mol. The SMILES string of the molecule is CC(=O)CC(O)CC(O)CCn1c(-c2ccc(F)cc2)c(-c2ccccc2)c(C(=O)Nc2ccccc2)c1C(C)C. The van der Waals surface area contributed by atoms with E-state index in [1.807, 2.05) is 79.1 Å². The Bertz CT molecular complexity index is 1460. The van der Waals surface area contributed by atoms with Crippen molar-refractivity contribution in [2.75, 3.05) is 5.32 Å². The van der Waals surface area contributed by atoms with Gasteiger partial charge in [-0.3, -0.25) is 9.59 Å². The van der Waals surface area contributed by atoms with Crippen LogP contribution >= 0.6 is 0 Å². The number of Topliss-reactive ketones (excluding diaryl/α,β-unsaturated/α-hetero) is 1. The first-order chi connectivity index (χ1) is 19.7. The van der Waals surface area contributed by atoms with Crippen molar-refractivity contribution >= 4 is 17.4 Å². The van der Waals surface area contributed by atoms with E-state index in [2.05, 4.69) is 5.32 Å². The van der Waals surface area contributed by atoms with Gasteiger partial charge in [-0.1, -0.05) is 62.4 Å². The Hall–Kier alpha value is -4.07. The molecule has 1 heterocycles. The molecule has 4 aromatic rings. The number of rotatable bonds is 12. The summed E-state index contributed by atoms with van der Waals surface area (Å²) in [7, 11) is 0. The highest BCUT2D eigenvalue weighted by Gasteiger charge is 2.30. The maximum absolute atomic E-state index is 14.1. The van der Waals surface area contributed by atoms with Crippen LogP contribution in [0.1, 0.15) is 62.0 Å². The Balaban J connectivity index is 1.89. The number of carbonyl (C=O) groups is 2. The zero-order valence-electron chi connectivity index (χ0n) is 23.7. The number of nitrogens with one attached hydrogen (secondary N) is 1. The summed E-state index contributed by atoms with van der Waals surface area (Å²) in [5.74, 6) is -0.853. The molecule has 0 spiro atoms. The van der Waals surface area contributed by atoms with Crippen LogP contribution in [0.2, 0.25) is 0 Å². The van der Waals surface area contributed by atoms with Gasteiger partial charge in [0.15, 0.2) is 0 Å². The van der Waals surface area contributed by atoms with Gasteiger partial charge in [0.1, 0.15) is 11.6 Å². The fourth-order valence-electron chi connectivity index (χ4n) is 5.33. The standard InChI is InChI=1S/C34H37FN2O4/c1-22(2)32-31(34(41)36-27-12-8-5-9-13-27)30(24-10-6-4-7-11-24)33(25-14-16-26(35)17-15-25)37(32)19-18-28(39)21-29(40)20-23(3)38/h4-17,22,28-29,39-40H,18-21H2,1-3H3,(H,36,41). The largest absolute Gasteiger partial charge is 0.393 e. The normalized spacial score (nSPS) is 12.8. The Morgan fingerprint density at radius 1 is 0.854 bits per heavy atom. The lowest BCUT2D eigenvalue weighted by atomic mass is 9.94. The number of aromatic nitrogens is 1. The summed E-state index contributed by atoms with van der Waals surface area (Å²) in [6.45, 7) is 5.78. The summed E-state index contributed by atoms with van der Waals surface area (Å²) >= 11 is 0. The van der Waals surface area contributed by atoms with Crippen LogP contribution in [-0.2, 0) is 11.3 Å². The topological polar surface area (TPSA) is 91.6 Å². The average Bonchev–Trinajstić information content (AvgIpc) is 3.28. The first-order valence-corrected chi connectivity index (χ1v) is 13.9. The van der Waals surface area contributed by atoms with Crippen LogP contribution in [0, 0.1) is 5.82 Å². The van der Waals surface area contributed by atoms with E-state index in [9.17, 15) is 24.2 Å². The van der Waals surface area contributed by atoms with Crippen LogP contribution in [-0.4, -0.2) is 38.7 Å². The minimum atomic E-state index is -0.930. The summed E-state index contributed by atoms with van der Waals surface area (Å²) in [6, 6.07) is 25.1. The number of hydrogen-bond acceptors (Lipinski definition) is 4. The van der Waals surface area contributed by atoms with Crippen molar-refractivity contribution in [2.24, 2.45) is 0 Å². The molecule has 0 aliphatic carbocycles. The first-order valence-electron chi connectivity index (χ1n) is 13.9. The first kappa shape index (κ1) is 29.9. The molecule has 6 nitrogen and oxygen atoms in total. The molecule has 3 aromatic carbocycles. The van der Waals surface area contributed by atoms with E-state index in [1.165, 1.54) is 19.1 Å². The van der Waals surface area contributed by atoms with Gasteiger partial charge < -0.3 is 20.1 Å². The highest BCUT2D eigenvalue weighted by molar-refractivity contribution is 6.12. The lowest BCUT2D eigenvalue weighted by molar-refractivity contribution is -0.119. The summed E-state index contributed by atoms with van der Waals surface area (Å²) < 4.78 is 16.1. The van der Waals surface area contributed by atoms with Gasteiger partial charge in [0, 0.05) is 29.9 Å². The molecule has 3 N–H and O–H groups in total. The predicted octanol–water partition coefficient (Wildman–Crippen LogP) is 6.82. The maximum atomic E-state index is 14.1. The third-order valence-electron chi connectivity index (χ3n) is 7.04. The van der Waals surface area contributed by atoms with Crippen LogP contribution < -0.4 is 5.32 Å². The van der Waals surface area contributed by atoms with E-state index >= 15 is 0 Å². The van der Waals surface area contributed by atoms with Crippen LogP contribution in [0.15, 0.2) is 84.9 Å². The summed E-state index contributed by atoms with van der Waals surface area (Å²) in [5, 5.41) is 24.1. The molecule has 1 aromatic heterocycles. The van der Waals surface area contributed by atoms with Gasteiger partial charge in [-0.15, -0.1) is 0 Å². The average molecular weight is 557 g/mol. The lowest BCUT2D eigenvalue weighted by Crippen LogP contribution is -2.22. The Morgan fingerprint density at radius 2 is 1.46 bits per heavy atom. The number of aliphatic hydroxyl groups is 2.